The maximum absolute atomic E-state index is 11.9. The molecule has 0 spiro atoms. The van der Waals surface area contributed by atoms with E-state index in [9.17, 15) is 8.42 Å². The highest BCUT2D eigenvalue weighted by molar-refractivity contribution is 7.89. The van der Waals surface area contributed by atoms with E-state index >= 15 is 0 Å². The van der Waals surface area contributed by atoms with Gasteiger partial charge < -0.3 is 10.5 Å². The molecule has 1 aromatic rings. The highest BCUT2D eigenvalue weighted by Gasteiger charge is 2.14. The van der Waals surface area contributed by atoms with E-state index in [1.807, 2.05) is 6.92 Å². The average Bonchev–Trinajstić information content (AvgIpc) is 2.38. The first-order valence-corrected chi connectivity index (χ1v) is 8.92. The van der Waals surface area contributed by atoms with E-state index in [4.69, 9.17) is 10.5 Å². The summed E-state index contributed by atoms with van der Waals surface area (Å²) in [5.74, 6) is 1.14. The van der Waals surface area contributed by atoms with Crippen LogP contribution >= 0.6 is 0 Å². The molecular formula is C15H26N2O3S. The standard InChI is InChI=1S/C15H26N2O3S/c1-12(2)4-5-13(3)17-21(18,19)11-10-20-15-8-6-14(16)7-9-15/h6-9,12-13,17H,4-5,10-11,16H2,1-3H3. The molecule has 0 aliphatic carbocycles. The lowest BCUT2D eigenvalue weighted by molar-refractivity contribution is 0.340. The van der Waals surface area contributed by atoms with Crippen LogP contribution in [0.25, 0.3) is 0 Å². The molecule has 0 fully saturated rings. The minimum Gasteiger partial charge on any atom is -0.492 e. The van der Waals surface area contributed by atoms with Gasteiger partial charge in [-0.15, -0.1) is 0 Å². The van der Waals surface area contributed by atoms with Gasteiger partial charge >= 0.3 is 0 Å². The number of nitrogens with one attached hydrogen (secondary N) is 1. The van der Waals surface area contributed by atoms with Crippen LogP contribution in [0.2, 0.25) is 0 Å². The van der Waals surface area contributed by atoms with Crippen LogP contribution < -0.4 is 15.2 Å². The van der Waals surface area contributed by atoms with Crippen molar-refractivity contribution in [3.05, 3.63) is 24.3 Å². The van der Waals surface area contributed by atoms with Crippen LogP contribution in [-0.4, -0.2) is 26.8 Å². The third-order valence-corrected chi connectivity index (χ3v) is 4.52. The van der Waals surface area contributed by atoms with Crippen LogP contribution in [0, 0.1) is 5.92 Å². The van der Waals surface area contributed by atoms with Gasteiger partial charge in [-0.25, -0.2) is 13.1 Å². The molecule has 0 aliphatic rings. The van der Waals surface area contributed by atoms with Gasteiger partial charge in [-0.1, -0.05) is 13.8 Å². The number of nitrogen functional groups attached to an aromatic ring is 1. The summed E-state index contributed by atoms with van der Waals surface area (Å²) >= 11 is 0. The quantitative estimate of drug-likeness (QED) is 0.686. The SMILES string of the molecule is CC(C)CCC(C)NS(=O)(=O)CCOc1ccc(N)cc1. The van der Waals surface area contributed by atoms with E-state index in [1.54, 1.807) is 24.3 Å². The molecule has 0 aromatic heterocycles. The first-order chi connectivity index (χ1) is 9.78. The van der Waals surface area contributed by atoms with Crippen molar-refractivity contribution < 1.29 is 13.2 Å². The molecule has 0 radical (unpaired) electrons. The van der Waals surface area contributed by atoms with Gasteiger partial charge in [-0.2, -0.15) is 0 Å². The van der Waals surface area contributed by atoms with Crippen molar-refractivity contribution in [2.75, 3.05) is 18.1 Å². The van der Waals surface area contributed by atoms with Crippen molar-refractivity contribution in [2.24, 2.45) is 5.92 Å². The highest BCUT2D eigenvalue weighted by atomic mass is 32.2. The number of benzene rings is 1. The number of sulfonamides is 1. The number of rotatable bonds is 9. The Kier molecular flexibility index (Phi) is 6.98. The lowest BCUT2D eigenvalue weighted by atomic mass is 10.1. The Hall–Kier alpha value is -1.27. The zero-order valence-corrected chi connectivity index (χ0v) is 13.8. The molecule has 1 aromatic carbocycles. The summed E-state index contributed by atoms with van der Waals surface area (Å²) in [7, 11) is -3.31. The van der Waals surface area contributed by atoms with Crippen molar-refractivity contribution in [1.29, 1.82) is 0 Å². The lowest BCUT2D eigenvalue weighted by Gasteiger charge is -2.15. The summed E-state index contributed by atoms with van der Waals surface area (Å²) in [5.41, 5.74) is 6.22. The monoisotopic (exact) mass is 314 g/mol. The Balaban J connectivity index is 2.33. The van der Waals surface area contributed by atoms with Gasteiger partial charge in [-0.3, -0.25) is 0 Å². The predicted molar refractivity (Wildman–Crippen MR) is 86.8 cm³/mol. The van der Waals surface area contributed by atoms with Crippen LogP contribution in [0.5, 0.6) is 5.75 Å². The minimum absolute atomic E-state index is 0.0473. The Morgan fingerprint density at radius 3 is 2.33 bits per heavy atom. The third-order valence-electron chi connectivity index (χ3n) is 3.06. The molecule has 5 nitrogen and oxygen atoms in total. The van der Waals surface area contributed by atoms with E-state index < -0.39 is 10.0 Å². The molecule has 0 heterocycles. The molecule has 6 heteroatoms. The van der Waals surface area contributed by atoms with E-state index in [0.717, 1.165) is 12.8 Å². The van der Waals surface area contributed by atoms with E-state index in [-0.39, 0.29) is 18.4 Å². The van der Waals surface area contributed by atoms with Crippen molar-refractivity contribution in [2.45, 2.75) is 39.7 Å². The third kappa shape index (κ3) is 7.92. The maximum Gasteiger partial charge on any atom is 0.215 e. The molecule has 3 N–H and O–H groups in total. The second-order valence-electron chi connectivity index (χ2n) is 5.73. The van der Waals surface area contributed by atoms with Crippen LogP contribution in [0.1, 0.15) is 33.6 Å². The molecule has 0 amide bonds. The fourth-order valence-electron chi connectivity index (χ4n) is 1.84. The summed E-state index contributed by atoms with van der Waals surface area (Å²) in [5, 5.41) is 0. The van der Waals surface area contributed by atoms with Crippen molar-refractivity contribution >= 4 is 15.7 Å². The van der Waals surface area contributed by atoms with Gasteiger partial charge in [-0.05, 0) is 49.9 Å². The molecule has 0 aliphatic heterocycles. The van der Waals surface area contributed by atoms with E-state index in [1.165, 1.54) is 0 Å². The summed E-state index contributed by atoms with van der Waals surface area (Å²) in [6, 6.07) is 6.84. The summed E-state index contributed by atoms with van der Waals surface area (Å²) in [4.78, 5) is 0. The van der Waals surface area contributed by atoms with Gasteiger partial charge in [0.15, 0.2) is 0 Å². The van der Waals surface area contributed by atoms with Gasteiger partial charge in [0.1, 0.15) is 12.4 Å². The van der Waals surface area contributed by atoms with Gasteiger partial charge in [0, 0.05) is 11.7 Å². The molecule has 0 bridgehead atoms. The van der Waals surface area contributed by atoms with Crippen LogP contribution in [0.3, 0.4) is 0 Å². The van der Waals surface area contributed by atoms with Crippen LogP contribution in [0.15, 0.2) is 24.3 Å². The van der Waals surface area contributed by atoms with Crippen LogP contribution in [0.4, 0.5) is 5.69 Å². The Labute approximate surface area is 127 Å². The first kappa shape index (κ1) is 17.8. The molecular weight excluding hydrogens is 288 g/mol. The fraction of sp³-hybridized carbons (Fsp3) is 0.600. The molecule has 1 rings (SSSR count). The average molecular weight is 314 g/mol. The maximum atomic E-state index is 11.9. The Morgan fingerprint density at radius 1 is 1.14 bits per heavy atom. The smallest absolute Gasteiger partial charge is 0.215 e. The largest absolute Gasteiger partial charge is 0.492 e. The Morgan fingerprint density at radius 2 is 1.76 bits per heavy atom. The van der Waals surface area contributed by atoms with Gasteiger partial charge in [0.25, 0.3) is 0 Å². The van der Waals surface area contributed by atoms with Crippen molar-refractivity contribution in [1.82, 2.24) is 4.72 Å². The summed E-state index contributed by atoms with van der Waals surface area (Å²) in [6.07, 6.45) is 1.85. The number of nitrogens with two attached hydrogens (primary N) is 1. The fourth-order valence-corrected chi connectivity index (χ4v) is 2.99. The lowest BCUT2D eigenvalue weighted by Crippen LogP contribution is -2.36. The van der Waals surface area contributed by atoms with E-state index in [0.29, 0.717) is 17.4 Å². The van der Waals surface area contributed by atoms with Crippen LogP contribution in [-0.2, 0) is 10.0 Å². The molecule has 21 heavy (non-hydrogen) atoms. The normalized spacial score (nSPS) is 13.3. The highest BCUT2D eigenvalue weighted by Crippen LogP contribution is 2.13. The van der Waals surface area contributed by atoms with E-state index in [2.05, 4.69) is 18.6 Å². The molecule has 0 saturated carbocycles. The zero-order valence-electron chi connectivity index (χ0n) is 13.0. The summed E-state index contributed by atoms with van der Waals surface area (Å²) in [6.45, 7) is 6.26. The first-order valence-electron chi connectivity index (χ1n) is 7.27. The van der Waals surface area contributed by atoms with Crippen molar-refractivity contribution in [3.8, 4) is 5.75 Å². The number of hydrogen-bond acceptors (Lipinski definition) is 4. The molecule has 120 valence electrons. The van der Waals surface area contributed by atoms with Gasteiger partial charge in [0.2, 0.25) is 10.0 Å². The number of ether oxygens (including phenoxy) is 1. The van der Waals surface area contributed by atoms with Crippen molar-refractivity contribution in [3.63, 3.8) is 0 Å². The topological polar surface area (TPSA) is 81.4 Å². The minimum atomic E-state index is -3.31. The second kappa shape index (κ2) is 8.24. The number of hydrogen-bond donors (Lipinski definition) is 2. The second-order valence-corrected chi connectivity index (χ2v) is 7.60. The molecule has 0 saturated heterocycles. The number of anilines is 1. The Bertz CT molecular complexity index is 512. The van der Waals surface area contributed by atoms with Gasteiger partial charge in [0.05, 0.1) is 5.75 Å². The summed E-state index contributed by atoms with van der Waals surface area (Å²) < 4.78 is 31.9. The predicted octanol–water partition coefficient (Wildman–Crippen LogP) is 2.39. The molecule has 1 unspecified atom stereocenters. The molecule has 1 atom stereocenters. The zero-order chi connectivity index (χ0) is 15.9.